The number of benzene rings is 2. The summed E-state index contributed by atoms with van der Waals surface area (Å²) in [5.41, 5.74) is 1.71. The van der Waals surface area contributed by atoms with Gasteiger partial charge in [0.2, 0.25) is 5.91 Å². The summed E-state index contributed by atoms with van der Waals surface area (Å²) >= 11 is 9.49. The largest absolute Gasteiger partial charge is 0.369 e. The Labute approximate surface area is 171 Å². The van der Waals surface area contributed by atoms with Gasteiger partial charge in [0.1, 0.15) is 0 Å². The van der Waals surface area contributed by atoms with Crippen LogP contribution in [0.1, 0.15) is 6.42 Å². The third kappa shape index (κ3) is 3.74. The van der Waals surface area contributed by atoms with Gasteiger partial charge in [0.05, 0.1) is 18.2 Å². The minimum atomic E-state index is -0.377. The Morgan fingerprint density at radius 3 is 2.33 bits per heavy atom. The van der Waals surface area contributed by atoms with Crippen molar-refractivity contribution in [1.82, 2.24) is 4.90 Å². The number of anilines is 2. The Hall–Kier alpha value is -1.89. The fraction of sp³-hybridized carbons (Fsp3) is 0.300. The number of hydrogen-bond donors (Lipinski definition) is 0. The topological polar surface area (TPSA) is 43.9 Å². The van der Waals surface area contributed by atoms with Crippen LogP contribution < -0.4 is 9.80 Å². The van der Waals surface area contributed by atoms with E-state index in [1.54, 1.807) is 12.1 Å². The van der Waals surface area contributed by atoms with Gasteiger partial charge in [0.25, 0.3) is 5.91 Å². The molecule has 0 aromatic heterocycles. The van der Waals surface area contributed by atoms with Crippen molar-refractivity contribution in [1.29, 1.82) is 0 Å². The first-order valence-corrected chi connectivity index (χ1v) is 10.1. The summed E-state index contributed by atoms with van der Waals surface area (Å²) in [6, 6.07) is 14.7. The fourth-order valence-corrected chi connectivity index (χ4v) is 4.32. The molecule has 0 spiro atoms. The molecule has 2 aromatic carbocycles. The molecule has 2 aliphatic heterocycles. The molecule has 5 nitrogen and oxygen atoms in total. The predicted molar refractivity (Wildman–Crippen MR) is 110 cm³/mol. The number of carbonyl (C=O) groups is 2. The van der Waals surface area contributed by atoms with Crippen molar-refractivity contribution in [2.45, 2.75) is 12.5 Å². The Balaban J connectivity index is 1.44. The number of rotatable bonds is 3. The van der Waals surface area contributed by atoms with Crippen molar-refractivity contribution in [3.63, 3.8) is 0 Å². The first kappa shape index (κ1) is 18.5. The van der Waals surface area contributed by atoms with Crippen LogP contribution in [0.25, 0.3) is 0 Å². The molecule has 0 radical (unpaired) electrons. The molecule has 0 aliphatic carbocycles. The number of nitrogens with zero attached hydrogens (tertiary/aromatic N) is 3. The minimum absolute atomic E-state index is 0.130. The van der Waals surface area contributed by atoms with E-state index in [1.165, 1.54) is 4.90 Å². The molecule has 7 heteroatoms. The van der Waals surface area contributed by atoms with Gasteiger partial charge in [-0.25, -0.2) is 4.90 Å². The summed E-state index contributed by atoms with van der Waals surface area (Å²) in [6.07, 6.45) is 0.239. The molecule has 2 fully saturated rings. The van der Waals surface area contributed by atoms with Gasteiger partial charge in [-0.05, 0) is 36.4 Å². The lowest BCUT2D eigenvalue weighted by Gasteiger charge is -2.38. The fourth-order valence-electron chi connectivity index (χ4n) is 3.75. The van der Waals surface area contributed by atoms with Crippen LogP contribution in [0, 0.1) is 0 Å². The molecule has 2 amide bonds. The molecule has 140 valence electrons. The molecular formula is C20H19BrClN3O2. The Kier molecular flexibility index (Phi) is 5.21. The molecule has 27 heavy (non-hydrogen) atoms. The van der Waals surface area contributed by atoms with Gasteiger partial charge in [-0.2, -0.15) is 0 Å². The molecule has 2 aromatic rings. The van der Waals surface area contributed by atoms with E-state index in [0.717, 1.165) is 41.4 Å². The van der Waals surface area contributed by atoms with Crippen molar-refractivity contribution >= 4 is 50.7 Å². The van der Waals surface area contributed by atoms with Gasteiger partial charge < -0.3 is 4.90 Å². The molecular weight excluding hydrogens is 430 g/mol. The van der Waals surface area contributed by atoms with E-state index in [-0.39, 0.29) is 24.3 Å². The summed E-state index contributed by atoms with van der Waals surface area (Å²) in [6.45, 7) is 3.08. The van der Waals surface area contributed by atoms with E-state index < -0.39 is 0 Å². The van der Waals surface area contributed by atoms with Crippen LogP contribution in [-0.4, -0.2) is 48.9 Å². The van der Waals surface area contributed by atoms with Gasteiger partial charge in [-0.15, -0.1) is 0 Å². The molecule has 2 heterocycles. The second-order valence-electron chi connectivity index (χ2n) is 6.77. The quantitative estimate of drug-likeness (QED) is 0.674. The summed E-state index contributed by atoms with van der Waals surface area (Å²) in [7, 11) is 0. The van der Waals surface area contributed by atoms with Crippen LogP contribution in [0.3, 0.4) is 0 Å². The molecule has 4 rings (SSSR count). The molecule has 0 unspecified atom stereocenters. The van der Waals surface area contributed by atoms with Gasteiger partial charge in [0.15, 0.2) is 0 Å². The third-order valence-electron chi connectivity index (χ3n) is 5.12. The molecule has 0 bridgehead atoms. The zero-order chi connectivity index (χ0) is 19.0. The van der Waals surface area contributed by atoms with Gasteiger partial charge >= 0.3 is 0 Å². The van der Waals surface area contributed by atoms with E-state index in [9.17, 15) is 9.59 Å². The van der Waals surface area contributed by atoms with Crippen molar-refractivity contribution < 1.29 is 9.59 Å². The van der Waals surface area contributed by atoms with Crippen LogP contribution in [0.15, 0.2) is 53.0 Å². The van der Waals surface area contributed by atoms with E-state index in [0.29, 0.717) is 5.69 Å². The normalized spacial score (nSPS) is 21.2. The zero-order valence-corrected chi connectivity index (χ0v) is 17.0. The maximum atomic E-state index is 12.9. The Morgan fingerprint density at radius 1 is 0.926 bits per heavy atom. The summed E-state index contributed by atoms with van der Waals surface area (Å²) < 4.78 is 0.846. The first-order chi connectivity index (χ1) is 13.0. The van der Waals surface area contributed by atoms with Gasteiger partial charge in [-0.3, -0.25) is 14.5 Å². The van der Waals surface area contributed by atoms with Crippen LogP contribution in [0.5, 0.6) is 0 Å². The van der Waals surface area contributed by atoms with Crippen molar-refractivity contribution in [2.24, 2.45) is 0 Å². The summed E-state index contributed by atoms with van der Waals surface area (Å²) in [5.74, 6) is -0.269. The van der Waals surface area contributed by atoms with E-state index in [1.807, 2.05) is 36.4 Å². The molecule has 0 saturated carbocycles. The third-order valence-corrected chi connectivity index (χ3v) is 5.85. The van der Waals surface area contributed by atoms with Crippen LogP contribution in [0.2, 0.25) is 5.02 Å². The van der Waals surface area contributed by atoms with E-state index in [4.69, 9.17) is 11.6 Å². The van der Waals surface area contributed by atoms with Crippen LogP contribution in [-0.2, 0) is 9.59 Å². The molecule has 0 N–H and O–H groups in total. The van der Waals surface area contributed by atoms with E-state index in [2.05, 4.69) is 25.7 Å². The maximum absolute atomic E-state index is 12.9. The van der Waals surface area contributed by atoms with Crippen molar-refractivity contribution in [2.75, 3.05) is 36.0 Å². The summed E-state index contributed by atoms with van der Waals surface area (Å²) in [5, 5.41) is 0.719. The number of hydrogen-bond acceptors (Lipinski definition) is 4. The minimum Gasteiger partial charge on any atom is -0.369 e. The average Bonchev–Trinajstić information content (AvgIpc) is 2.96. The SMILES string of the molecule is O=C1C[C@H](N2CCN(c3cccc(Cl)c3)CC2)C(=O)N1c1cccc(Br)c1. The molecule has 1 atom stereocenters. The summed E-state index contributed by atoms with van der Waals surface area (Å²) in [4.78, 5) is 31.2. The van der Waals surface area contributed by atoms with Gasteiger partial charge in [0, 0.05) is 41.4 Å². The molecule has 2 aliphatic rings. The number of amides is 2. The smallest absolute Gasteiger partial charge is 0.251 e. The second-order valence-corrected chi connectivity index (χ2v) is 8.12. The lowest BCUT2D eigenvalue weighted by molar-refractivity contribution is -0.123. The highest BCUT2D eigenvalue weighted by atomic mass is 79.9. The lowest BCUT2D eigenvalue weighted by atomic mass is 10.1. The van der Waals surface area contributed by atoms with E-state index >= 15 is 0 Å². The lowest BCUT2D eigenvalue weighted by Crippen LogP contribution is -2.52. The Morgan fingerprint density at radius 2 is 1.63 bits per heavy atom. The highest BCUT2D eigenvalue weighted by Gasteiger charge is 2.43. The number of imide groups is 1. The monoisotopic (exact) mass is 447 g/mol. The average molecular weight is 449 g/mol. The van der Waals surface area contributed by atoms with Gasteiger partial charge in [-0.1, -0.05) is 39.7 Å². The number of halogens is 2. The second kappa shape index (κ2) is 7.62. The highest BCUT2D eigenvalue weighted by molar-refractivity contribution is 9.10. The number of carbonyl (C=O) groups excluding carboxylic acids is 2. The standard InChI is InChI=1S/C20H19BrClN3O2/c21-14-3-1-6-17(11-14)25-19(26)13-18(20(25)27)24-9-7-23(8-10-24)16-5-2-4-15(22)12-16/h1-6,11-12,18H,7-10,13H2/t18-/m0/s1. The van der Waals surface area contributed by atoms with Crippen LogP contribution >= 0.6 is 27.5 Å². The molecule has 2 saturated heterocycles. The highest BCUT2D eigenvalue weighted by Crippen LogP contribution is 2.29. The van der Waals surface area contributed by atoms with Crippen molar-refractivity contribution in [3.05, 3.63) is 58.0 Å². The number of piperazine rings is 1. The van der Waals surface area contributed by atoms with Crippen LogP contribution in [0.4, 0.5) is 11.4 Å². The predicted octanol–water partition coefficient (Wildman–Crippen LogP) is 3.56. The first-order valence-electron chi connectivity index (χ1n) is 8.90. The zero-order valence-electron chi connectivity index (χ0n) is 14.6. The van der Waals surface area contributed by atoms with Crippen molar-refractivity contribution in [3.8, 4) is 0 Å². The maximum Gasteiger partial charge on any atom is 0.251 e. The Bertz CT molecular complexity index is 883.